The predicted octanol–water partition coefficient (Wildman–Crippen LogP) is 3.88. The Balaban J connectivity index is 2.82. The van der Waals surface area contributed by atoms with Crippen LogP contribution >= 0.6 is 11.6 Å². The largest absolute Gasteiger partial charge is 0.354 e. The van der Waals surface area contributed by atoms with Gasteiger partial charge in [-0.05, 0) is 37.0 Å². The van der Waals surface area contributed by atoms with Crippen LogP contribution in [0.1, 0.15) is 46.6 Å². The maximum atomic E-state index is 12.6. The van der Waals surface area contributed by atoms with Crippen molar-refractivity contribution in [2.24, 2.45) is 11.8 Å². The van der Waals surface area contributed by atoms with E-state index in [0.29, 0.717) is 24.0 Å². The lowest BCUT2D eigenvalue weighted by molar-refractivity contribution is -0.143. The summed E-state index contributed by atoms with van der Waals surface area (Å²) in [6.45, 7) is 10.7. The fourth-order valence-electron chi connectivity index (χ4n) is 2.30. The minimum atomic E-state index is -0.511. The van der Waals surface area contributed by atoms with Gasteiger partial charge >= 0.3 is 0 Å². The number of halogens is 1. The quantitative estimate of drug-likeness (QED) is 0.772. The molecule has 0 aromatic heterocycles. The van der Waals surface area contributed by atoms with Crippen molar-refractivity contribution in [3.05, 3.63) is 34.9 Å². The van der Waals surface area contributed by atoms with E-state index in [1.165, 1.54) is 0 Å². The highest BCUT2D eigenvalue weighted by Gasteiger charge is 2.27. The number of nitrogens with one attached hydrogen (secondary N) is 1. The Hall–Kier alpha value is -1.55. The summed E-state index contributed by atoms with van der Waals surface area (Å²) in [4.78, 5) is 26.6. The summed E-state index contributed by atoms with van der Waals surface area (Å²) in [5.41, 5.74) is 0.954. The molecule has 0 heterocycles. The SMILES string of the molecule is CC(C)CCNC(=O)[C@H](C)N(Cc1ccc(Cl)cc1)C(=O)C(C)C. The van der Waals surface area contributed by atoms with E-state index in [0.717, 1.165) is 12.0 Å². The molecule has 24 heavy (non-hydrogen) atoms. The summed E-state index contributed by atoms with van der Waals surface area (Å²) in [6, 6.07) is 6.84. The first-order valence-electron chi connectivity index (χ1n) is 8.55. The zero-order chi connectivity index (χ0) is 18.3. The Kier molecular flexibility index (Phi) is 8.26. The third-order valence-corrected chi connectivity index (χ3v) is 4.16. The van der Waals surface area contributed by atoms with Gasteiger partial charge in [-0.15, -0.1) is 0 Å². The summed E-state index contributed by atoms with van der Waals surface area (Å²) in [5, 5.41) is 3.58. The Morgan fingerprint density at radius 3 is 2.17 bits per heavy atom. The second-order valence-corrected chi connectivity index (χ2v) is 7.33. The molecule has 1 atom stereocenters. The van der Waals surface area contributed by atoms with Crippen LogP contribution in [0.2, 0.25) is 5.02 Å². The molecule has 0 radical (unpaired) electrons. The summed E-state index contributed by atoms with van der Waals surface area (Å²) < 4.78 is 0. The van der Waals surface area contributed by atoms with E-state index in [1.807, 2.05) is 26.0 Å². The van der Waals surface area contributed by atoms with Crippen LogP contribution in [0.3, 0.4) is 0 Å². The molecule has 0 spiro atoms. The lowest BCUT2D eigenvalue weighted by atomic mass is 10.1. The zero-order valence-electron chi connectivity index (χ0n) is 15.3. The van der Waals surface area contributed by atoms with Gasteiger partial charge in [0.25, 0.3) is 0 Å². The second-order valence-electron chi connectivity index (χ2n) is 6.90. The van der Waals surface area contributed by atoms with E-state index in [1.54, 1.807) is 24.0 Å². The standard InChI is InChI=1S/C19H29ClN2O2/c1-13(2)10-11-21-18(23)15(5)22(19(24)14(3)4)12-16-6-8-17(20)9-7-16/h6-9,13-15H,10-12H2,1-5H3,(H,21,23)/t15-/m0/s1. The smallest absolute Gasteiger partial charge is 0.242 e. The first-order chi connectivity index (χ1) is 11.2. The van der Waals surface area contributed by atoms with Gasteiger partial charge in [0, 0.05) is 24.0 Å². The summed E-state index contributed by atoms with van der Waals surface area (Å²) in [7, 11) is 0. The monoisotopic (exact) mass is 352 g/mol. The minimum absolute atomic E-state index is 0.0311. The van der Waals surface area contributed by atoms with Crippen LogP contribution in [0.5, 0.6) is 0 Å². The number of hydrogen-bond donors (Lipinski definition) is 1. The van der Waals surface area contributed by atoms with E-state index in [4.69, 9.17) is 11.6 Å². The van der Waals surface area contributed by atoms with Gasteiger partial charge in [-0.2, -0.15) is 0 Å². The molecule has 0 fully saturated rings. The molecule has 0 saturated carbocycles. The number of nitrogens with zero attached hydrogens (tertiary/aromatic N) is 1. The van der Waals surface area contributed by atoms with Crippen LogP contribution in [-0.2, 0) is 16.1 Å². The Morgan fingerprint density at radius 2 is 1.67 bits per heavy atom. The van der Waals surface area contributed by atoms with Gasteiger partial charge in [0.1, 0.15) is 6.04 Å². The van der Waals surface area contributed by atoms with Crippen LogP contribution < -0.4 is 5.32 Å². The van der Waals surface area contributed by atoms with Crippen LogP contribution in [0.25, 0.3) is 0 Å². The molecule has 0 saturated heterocycles. The van der Waals surface area contributed by atoms with Crippen LogP contribution in [-0.4, -0.2) is 29.3 Å². The number of hydrogen-bond acceptors (Lipinski definition) is 2. The summed E-state index contributed by atoms with van der Waals surface area (Å²) in [5.74, 6) is 0.223. The average molecular weight is 353 g/mol. The molecule has 1 aromatic rings. The number of amides is 2. The molecule has 1 aromatic carbocycles. The van der Waals surface area contributed by atoms with Gasteiger partial charge in [-0.25, -0.2) is 0 Å². The lowest BCUT2D eigenvalue weighted by Gasteiger charge is -2.30. The highest BCUT2D eigenvalue weighted by molar-refractivity contribution is 6.30. The molecular formula is C19H29ClN2O2. The van der Waals surface area contributed by atoms with Gasteiger partial charge in [-0.3, -0.25) is 9.59 Å². The highest BCUT2D eigenvalue weighted by atomic mass is 35.5. The van der Waals surface area contributed by atoms with Crippen molar-refractivity contribution < 1.29 is 9.59 Å². The molecule has 134 valence electrons. The number of carbonyl (C=O) groups is 2. The maximum Gasteiger partial charge on any atom is 0.242 e. The fourth-order valence-corrected chi connectivity index (χ4v) is 2.42. The third kappa shape index (κ3) is 6.52. The van der Waals surface area contributed by atoms with Gasteiger partial charge in [0.15, 0.2) is 0 Å². The number of carbonyl (C=O) groups excluding carboxylic acids is 2. The predicted molar refractivity (Wildman–Crippen MR) is 98.8 cm³/mol. The zero-order valence-corrected chi connectivity index (χ0v) is 16.1. The van der Waals surface area contributed by atoms with Gasteiger partial charge < -0.3 is 10.2 Å². The molecule has 4 nitrogen and oxygen atoms in total. The van der Waals surface area contributed by atoms with Crippen molar-refractivity contribution in [2.75, 3.05) is 6.54 Å². The highest BCUT2D eigenvalue weighted by Crippen LogP contribution is 2.15. The maximum absolute atomic E-state index is 12.6. The molecule has 5 heteroatoms. The van der Waals surface area contributed by atoms with Crippen molar-refractivity contribution in [3.8, 4) is 0 Å². The number of benzene rings is 1. The molecule has 0 aliphatic rings. The average Bonchev–Trinajstić information content (AvgIpc) is 2.52. The number of rotatable bonds is 8. The van der Waals surface area contributed by atoms with Crippen molar-refractivity contribution in [3.63, 3.8) is 0 Å². The van der Waals surface area contributed by atoms with Crippen molar-refractivity contribution in [2.45, 2.75) is 53.6 Å². The molecule has 1 rings (SSSR count). The fraction of sp³-hybridized carbons (Fsp3) is 0.579. The normalized spacial score (nSPS) is 12.3. The molecule has 0 aliphatic heterocycles. The van der Waals surface area contributed by atoms with E-state index in [2.05, 4.69) is 19.2 Å². The summed E-state index contributed by atoms with van der Waals surface area (Å²) >= 11 is 5.91. The molecule has 1 N–H and O–H groups in total. The Morgan fingerprint density at radius 1 is 1.08 bits per heavy atom. The topological polar surface area (TPSA) is 49.4 Å². The van der Waals surface area contributed by atoms with Gasteiger partial charge in [-0.1, -0.05) is 51.4 Å². The van der Waals surface area contributed by atoms with Gasteiger partial charge in [0.05, 0.1) is 0 Å². The van der Waals surface area contributed by atoms with Gasteiger partial charge in [0.2, 0.25) is 11.8 Å². The van der Waals surface area contributed by atoms with Crippen LogP contribution in [0, 0.1) is 11.8 Å². The van der Waals surface area contributed by atoms with E-state index >= 15 is 0 Å². The van der Waals surface area contributed by atoms with E-state index in [9.17, 15) is 9.59 Å². The third-order valence-electron chi connectivity index (χ3n) is 3.91. The molecular weight excluding hydrogens is 324 g/mol. The van der Waals surface area contributed by atoms with Crippen LogP contribution in [0.15, 0.2) is 24.3 Å². The Labute approximate surface area is 150 Å². The lowest BCUT2D eigenvalue weighted by Crippen LogP contribution is -2.49. The molecule has 0 bridgehead atoms. The minimum Gasteiger partial charge on any atom is -0.354 e. The first-order valence-corrected chi connectivity index (χ1v) is 8.92. The summed E-state index contributed by atoms with van der Waals surface area (Å²) in [6.07, 6.45) is 0.924. The second kappa shape index (κ2) is 9.67. The van der Waals surface area contributed by atoms with Crippen molar-refractivity contribution in [1.29, 1.82) is 0 Å². The first kappa shape index (κ1) is 20.5. The van der Waals surface area contributed by atoms with Crippen molar-refractivity contribution in [1.82, 2.24) is 10.2 Å². The van der Waals surface area contributed by atoms with E-state index < -0.39 is 6.04 Å². The van der Waals surface area contributed by atoms with E-state index in [-0.39, 0.29) is 17.7 Å². The Bertz CT molecular complexity index is 541. The molecule has 2 amide bonds. The van der Waals surface area contributed by atoms with Crippen molar-refractivity contribution >= 4 is 23.4 Å². The van der Waals surface area contributed by atoms with Crippen LogP contribution in [0.4, 0.5) is 0 Å². The molecule has 0 unspecified atom stereocenters. The molecule has 0 aliphatic carbocycles.